The van der Waals surface area contributed by atoms with Crippen LogP contribution in [0.5, 0.6) is 5.88 Å². The van der Waals surface area contributed by atoms with Crippen molar-refractivity contribution < 1.29 is 4.74 Å². The van der Waals surface area contributed by atoms with Crippen molar-refractivity contribution in [1.82, 2.24) is 15.5 Å². The van der Waals surface area contributed by atoms with E-state index in [1.54, 1.807) is 0 Å². The van der Waals surface area contributed by atoms with Crippen LogP contribution >= 0.6 is 12.4 Å². The molecular weight excluding hydrogens is 226 g/mol. The van der Waals surface area contributed by atoms with Crippen LogP contribution in [0, 0.1) is 12.8 Å². The van der Waals surface area contributed by atoms with Crippen LogP contribution in [0.15, 0.2) is 12.1 Å². The minimum atomic E-state index is 0. The minimum Gasteiger partial charge on any atom is -0.476 e. The number of halogens is 1. The van der Waals surface area contributed by atoms with Crippen molar-refractivity contribution in [2.75, 3.05) is 19.7 Å². The van der Waals surface area contributed by atoms with Gasteiger partial charge in [-0.3, -0.25) is 0 Å². The number of aromatic nitrogens is 2. The first-order chi connectivity index (χ1) is 7.34. The van der Waals surface area contributed by atoms with Crippen molar-refractivity contribution in [2.45, 2.75) is 19.8 Å². The maximum absolute atomic E-state index is 5.59. The second-order valence-electron chi connectivity index (χ2n) is 4.04. The van der Waals surface area contributed by atoms with Crippen LogP contribution in [-0.2, 0) is 0 Å². The number of nitrogens with zero attached hydrogens (tertiary/aromatic N) is 2. The number of ether oxygens (including phenoxy) is 1. The smallest absolute Gasteiger partial charge is 0.233 e. The average molecular weight is 244 g/mol. The Balaban J connectivity index is 0.00000128. The summed E-state index contributed by atoms with van der Waals surface area (Å²) in [7, 11) is 0. The average Bonchev–Trinajstić information content (AvgIpc) is 2.30. The van der Waals surface area contributed by atoms with E-state index < -0.39 is 0 Å². The Hall–Kier alpha value is -0.870. The first kappa shape index (κ1) is 13.2. The summed E-state index contributed by atoms with van der Waals surface area (Å²) in [6.07, 6.45) is 2.49. The molecule has 4 nitrogen and oxygen atoms in total. The molecule has 5 heteroatoms. The maximum Gasteiger partial charge on any atom is 0.233 e. The highest BCUT2D eigenvalue weighted by Crippen LogP contribution is 2.12. The molecule has 1 aliphatic rings. The highest BCUT2D eigenvalue weighted by Gasteiger charge is 2.13. The van der Waals surface area contributed by atoms with Gasteiger partial charge < -0.3 is 10.1 Å². The predicted molar refractivity (Wildman–Crippen MR) is 65.1 cm³/mol. The molecule has 2 rings (SSSR count). The van der Waals surface area contributed by atoms with Crippen molar-refractivity contribution in [3.05, 3.63) is 17.8 Å². The Bertz CT molecular complexity index is 299. The zero-order valence-corrected chi connectivity index (χ0v) is 10.3. The normalized spacial score (nSPS) is 19.9. The van der Waals surface area contributed by atoms with Gasteiger partial charge in [0.05, 0.1) is 12.3 Å². The lowest BCUT2D eigenvalue weighted by Crippen LogP contribution is -2.33. The Morgan fingerprint density at radius 3 is 2.94 bits per heavy atom. The van der Waals surface area contributed by atoms with Crippen molar-refractivity contribution in [1.29, 1.82) is 0 Å². The molecule has 90 valence electrons. The van der Waals surface area contributed by atoms with Crippen LogP contribution in [0.2, 0.25) is 0 Å². The predicted octanol–water partition coefficient (Wildman–Crippen LogP) is 1.59. The molecule has 2 heterocycles. The summed E-state index contributed by atoms with van der Waals surface area (Å²) in [4.78, 5) is 0. The number of rotatable bonds is 3. The molecular formula is C11H18ClN3O. The third-order valence-electron chi connectivity index (χ3n) is 2.64. The second kappa shape index (κ2) is 6.66. The zero-order chi connectivity index (χ0) is 10.5. The van der Waals surface area contributed by atoms with E-state index in [1.165, 1.54) is 12.8 Å². The van der Waals surface area contributed by atoms with Gasteiger partial charge in [0.15, 0.2) is 0 Å². The first-order valence-corrected chi connectivity index (χ1v) is 5.48. The van der Waals surface area contributed by atoms with Crippen molar-refractivity contribution in [2.24, 2.45) is 5.92 Å². The molecule has 0 saturated carbocycles. The molecule has 0 radical (unpaired) electrons. The van der Waals surface area contributed by atoms with E-state index in [0.29, 0.717) is 11.8 Å². The number of hydrogen-bond acceptors (Lipinski definition) is 4. The molecule has 1 N–H and O–H groups in total. The van der Waals surface area contributed by atoms with E-state index >= 15 is 0 Å². The summed E-state index contributed by atoms with van der Waals surface area (Å²) in [5.41, 5.74) is 0.918. The molecule has 16 heavy (non-hydrogen) atoms. The topological polar surface area (TPSA) is 47.0 Å². The molecule has 1 atom stereocenters. The van der Waals surface area contributed by atoms with Crippen molar-refractivity contribution in [3.63, 3.8) is 0 Å². The van der Waals surface area contributed by atoms with Gasteiger partial charge in [-0.1, -0.05) is 0 Å². The summed E-state index contributed by atoms with van der Waals surface area (Å²) < 4.78 is 5.59. The van der Waals surface area contributed by atoms with Crippen molar-refractivity contribution >= 4 is 12.4 Å². The van der Waals surface area contributed by atoms with E-state index in [0.717, 1.165) is 25.4 Å². The van der Waals surface area contributed by atoms with E-state index in [2.05, 4.69) is 15.5 Å². The summed E-state index contributed by atoms with van der Waals surface area (Å²) in [6, 6.07) is 3.79. The molecule has 0 aromatic carbocycles. The van der Waals surface area contributed by atoms with Crippen LogP contribution in [0.1, 0.15) is 18.5 Å². The van der Waals surface area contributed by atoms with Crippen LogP contribution in [-0.4, -0.2) is 29.9 Å². The Labute approximate surface area is 102 Å². The number of hydrogen-bond donors (Lipinski definition) is 1. The van der Waals surface area contributed by atoms with E-state index in [9.17, 15) is 0 Å². The quantitative estimate of drug-likeness (QED) is 0.876. The molecule has 1 fully saturated rings. The third kappa shape index (κ3) is 3.94. The molecule has 0 spiro atoms. The van der Waals surface area contributed by atoms with Crippen LogP contribution < -0.4 is 10.1 Å². The number of piperidine rings is 1. The molecule has 0 bridgehead atoms. The molecule has 1 saturated heterocycles. The lowest BCUT2D eigenvalue weighted by Gasteiger charge is -2.22. The van der Waals surface area contributed by atoms with Crippen LogP contribution in [0.25, 0.3) is 0 Å². The molecule has 1 unspecified atom stereocenters. The van der Waals surface area contributed by atoms with Gasteiger partial charge in [-0.05, 0) is 32.4 Å². The van der Waals surface area contributed by atoms with Gasteiger partial charge in [-0.25, -0.2) is 0 Å². The standard InChI is InChI=1S/C11H17N3O.ClH/c1-9-4-5-11(14-13-9)15-8-10-3-2-6-12-7-10;/h4-5,10,12H,2-3,6-8H2,1H3;1H. The highest BCUT2D eigenvalue weighted by atomic mass is 35.5. The fourth-order valence-electron chi connectivity index (χ4n) is 1.73. The van der Waals surface area contributed by atoms with Gasteiger partial charge in [0.1, 0.15) is 0 Å². The van der Waals surface area contributed by atoms with E-state index in [1.807, 2.05) is 19.1 Å². The molecule has 0 amide bonds. The Morgan fingerprint density at radius 2 is 2.31 bits per heavy atom. The minimum absolute atomic E-state index is 0. The van der Waals surface area contributed by atoms with Gasteiger partial charge in [-0.2, -0.15) is 5.10 Å². The first-order valence-electron chi connectivity index (χ1n) is 5.48. The van der Waals surface area contributed by atoms with Gasteiger partial charge in [0, 0.05) is 18.5 Å². The fourth-order valence-corrected chi connectivity index (χ4v) is 1.73. The summed E-state index contributed by atoms with van der Waals surface area (Å²) >= 11 is 0. The second-order valence-corrected chi connectivity index (χ2v) is 4.04. The van der Waals surface area contributed by atoms with Gasteiger partial charge in [0.2, 0.25) is 5.88 Å². The van der Waals surface area contributed by atoms with Gasteiger partial charge in [-0.15, -0.1) is 17.5 Å². The zero-order valence-electron chi connectivity index (χ0n) is 9.48. The van der Waals surface area contributed by atoms with E-state index in [4.69, 9.17) is 4.74 Å². The monoisotopic (exact) mass is 243 g/mol. The SMILES string of the molecule is Cc1ccc(OCC2CCCNC2)nn1.Cl. The number of aryl methyl sites for hydroxylation is 1. The summed E-state index contributed by atoms with van der Waals surface area (Å²) in [6.45, 7) is 4.85. The van der Waals surface area contributed by atoms with Crippen molar-refractivity contribution in [3.8, 4) is 5.88 Å². The molecule has 1 aromatic heterocycles. The van der Waals surface area contributed by atoms with Crippen LogP contribution in [0.3, 0.4) is 0 Å². The summed E-state index contributed by atoms with van der Waals surface area (Å²) in [5.74, 6) is 1.24. The number of nitrogens with one attached hydrogen (secondary N) is 1. The van der Waals surface area contributed by atoms with Crippen LogP contribution in [0.4, 0.5) is 0 Å². The van der Waals surface area contributed by atoms with Gasteiger partial charge >= 0.3 is 0 Å². The molecule has 1 aromatic rings. The Kier molecular flexibility index (Phi) is 5.49. The largest absolute Gasteiger partial charge is 0.476 e. The van der Waals surface area contributed by atoms with Gasteiger partial charge in [0.25, 0.3) is 0 Å². The molecule has 1 aliphatic heterocycles. The summed E-state index contributed by atoms with van der Waals surface area (Å²) in [5, 5.41) is 11.3. The third-order valence-corrected chi connectivity index (χ3v) is 2.64. The highest BCUT2D eigenvalue weighted by molar-refractivity contribution is 5.85. The lowest BCUT2D eigenvalue weighted by atomic mass is 10.0. The molecule has 0 aliphatic carbocycles. The van der Waals surface area contributed by atoms with E-state index in [-0.39, 0.29) is 12.4 Å². The lowest BCUT2D eigenvalue weighted by molar-refractivity contribution is 0.210. The maximum atomic E-state index is 5.59. The Morgan fingerprint density at radius 1 is 1.44 bits per heavy atom. The fraction of sp³-hybridized carbons (Fsp3) is 0.636.